The molecule has 29 heavy (non-hydrogen) atoms. The fourth-order valence-corrected chi connectivity index (χ4v) is 3.10. The number of carbonyl (C=O) groups is 2. The van der Waals surface area contributed by atoms with Gasteiger partial charge in [-0.25, -0.2) is 4.79 Å². The second-order valence-electron chi connectivity index (χ2n) is 6.72. The van der Waals surface area contributed by atoms with Crippen molar-refractivity contribution in [1.82, 2.24) is 5.32 Å². The zero-order valence-electron chi connectivity index (χ0n) is 16.1. The molecule has 0 unspecified atom stereocenters. The van der Waals surface area contributed by atoms with Crippen molar-refractivity contribution in [1.29, 1.82) is 0 Å². The fraction of sp³-hybridized carbons (Fsp3) is 0.167. The van der Waals surface area contributed by atoms with Gasteiger partial charge in [-0.15, -0.1) is 0 Å². The van der Waals surface area contributed by atoms with Gasteiger partial charge in [0.2, 0.25) is 5.60 Å². The van der Waals surface area contributed by atoms with Crippen LogP contribution in [0.5, 0.6) is 0 Å². The number of hydrogen-bond donors (Lipinski definition) is 2. The smallest absolute Gasteiger partial charge is 0.348 e. The highest BCUT2D eigenvalue weighted by atomic mass is 16.6. The summed E-state index contributed by atoms with van der Waals surface area (Å²) >= 11 is 0. The first-order valence-electron chi connectivity index (χ1n) is 9.36. The van der Waals surface area contributed by atoms with Gasteiger partial charge in [0, 0.05) is 0 Å². The van der Waals surface area contributed by atoms with Gasteiger partial charge < -0.3 is 15.2 Å². The summed E-state index contributed by atoms with van der Waals surface area (Å²) in [4.78, 5) is 25.1. The van der Waals surface area contributed by atoms with E-state index in [0.29, 0.717) is 11.1 Å². The van der Waals surface area contributed by atoms with Crippen molar-refractivity contribution in [3.63, 3.8) is 0 Å². The lowest BCUT2D eigenvalue weighted by Crippen LogP contribution is -2.40. The number of aliphatic hydroxyl groups is 1. The molecule has 0 spiro atoms. The molecule has 148 valence electrons. The predicted octanol–water partition coefficient (Wildman–Crippen LogP) is 3.34. The SMILES string of the molecule is C[C@@H](NC(=O)COC(=O)C(O)(c1ccccc1)c1ccccc1)c1ccccc1. The first kappa shape index (κ1) is 20.3. The third kappa shape index (κ3) is 4.70. The number of hydrogen-bond acceptors (Lipinski definition) is 4. The van der Waals surface area contributed by atoms with E-state index in [-0.39, 0.29) is 6.04 Å². The average Bonchev–Trinajstić information content (AvgIpc) is 2.78. The first-order valence-corrected chi connectivity index (χ1v) is 9.36. The number of benzene rings is 3. The maximum atomic E-state index is 12.9. The summed E-state index contributed by atoms with van der Waals surface area (Å²) in [7, 11) is 0. The molecule has 0 saturated carbocycles. The molecular weight excluding hydrogens is 366 g/mol. The molecule has 3 aromatic carbocycles. The Labute approximate surface area is 170 Å². The van der Waals surface area contributed by atoms with E-state index in [2.05, 4.69) is 5.32 Å². The largest absolute Gasteiger partial charge is 0.453 e. The van der Waals surface area contributed by atoms with E-state index in [9.17, 15) is 14.7 Å². The summed E-state index contributed by atoms with van der Waals surface area (Å²) in [6.45, 7) is 1.36. The van der Waals surface area contributed by atoms with Crippen LogP contribution in [-0.2, 0) is 19.9 Å². The van der Waals surface area contributed by atoms with Gasteiger partial charge in [-0.2, -0.15) is 0 Å². The molecule has 3 aromatic rings. The maximum absolute atomic E-state index is 12.9. The maximum Gasteiger partial charge on any atom is 0.348 e. The van der Waals surface area contributed by atoms with Crippen LogP contribution in [0.1, 0.15) is 29.7 Å². The number of nitrogens with one attached hydrogen (secondary N) is 1. The average molecular weight is 389 g/mol. The van der Waals surface area contributed by atoms with Gasteiger partial charge in [-0.3, -0.25) is 4.79 Å². The second-order valence-corrected chi connectivity index (χ2v) is 6.72. The third-order valence-electron chi connectivity index (χ3n) is 4.69. The Morgan fingerprint density at radius 1 is 0.862 bits per heavy atom. The molecule has 0 heterocycles. The summed E-state index contributed by atoms with van der Waals surface area (Å²) in [6.07, 6.45) is 0. The number of carbonyl (C=O) groups excluding carboxylic acids is 2. The second kappa shape index (κ2) is 9.17. The normalized spacial score (nSPS) is 12.1. The third-order valence-corrected chi connectivity index (χ3v) is 4.69. The van der Waals surface area contributed by atoms with Crippen molar-refractivity contribution in [3.05, 3.63) is 108 Å². The van der Waals surface area contributed by atoms with E-state index >= 15 is 0 Å². The van der Waals surface area contributed by atoms with Crippen LogP contribution in [0.3, 0.4) is 0 Å². The Bertz CT molecular complexity index is 903. The molecule has 3 rings (SSSR count). The predicted molar refractivity (Wildman–Crippen MR) is 110 cm³/mol. The molecule has 0 bridgehead atoms. The highest BCUT2D eigenvalue weighted by molar-refractivity contribution is 5.88. The first-order chi connectivity index (χ1) is 14.0. The summed E-state index contributed by atoms with van der Waals surface area (Å²) in [5, 5.41) is 14.1. The van der Waals surface area contributed by atoms with E-state index in [4.69, 9.17) is 4.74 Å². The van der Waals surface area contributed by atoms with E-state index in [1.54, 1.807) is 60.7 Å². The van der Waals surface area contributed by atoms with Crippen molar-refractivity contribution < 1.29 is 19.4 Å². The van der Waals surface area contributed by atoms with Gasteiger partial charge in [-0.05, 0) is 23.6 Å². The minimum Gasteiger partial charge on any atom is -0.453 e. The van der Waals surface area contributed by atoms with Gasteiger partial charge >= 0.3 is 5.97 Å². The topological polar surface area (TPSA) is 75.6 Å². The number of ether oxygens (including phenoxy) is 1. The molecule has 0 saturated heterocycles. The van der Waals surface area contributed by atoms with E-state index in [0.717, 1.165) is 5.56 Å². The van der Waals surface area contributed by atoms with Crippen LogP contribution < -0.4 is 5.32 Å². The molecule has 5 heteroatoms. The van der Waals surface area contributed by atoms with Gasteiger partial charge in [0.1, 0.15) is 0 Å². The minimum absolute atomic E-state index is 0.232. The van der Waals surface area contributed by atoms with Crippen LogP contribution in [0, 0.1) is 0 Å². The molecule has 0 aromatic heterocycles. The van der Waals surface area contributed by atoms with Crippen molar-refractivity contribution in [2.45, 2.75) is 18.6 Å². The van der Waals surface area contributed by atoms with Crippen LogP contribution >= 0.6 is 0 Å². The molecule has 0 aliphatic heterocycles. The molecule has 0 aliphatic rings. The minimum atomic E-state index is -2.01. The molecule has 1 amide bonds. The summed E-state index contributed by atoms with van der Waals surface area (Å²) in [5.74, 6) is -1.35. The van der Waals surface area contributed by atoms with Crippen LogP contribution in [0.15, 0.2) is 91.0 Å². The Morgan fingerprint density at radius 3 is 1.79 bits per heavy atom. The lowest BCUT2D eigenvalue weighted by atomic mass is 9.86. The Kier molecular flexibility index (Phi) is 6.42. The lowest BCUT2D eigenvalue weighted by Gasteiger charge is -2.27. The quantitative estimate of drug-likeness (QED) is 0.608. The van der Waals surface area contributed by atoms with Crippen molar-refractivity contribution in [2.75, 3.05) is 6.61 Å². The van der Waals surface area contributed by atoms with Gasteiger partial charge in [0.05, 0.1) is 6.04 Å². The zero-order valence-corrected chi connectivity index (χ0v) is 16.1. The summed E-state index contributed by atoms with van der Waals surface area (Å²) in [6, 6.07) is 26.3. The molecular formula is C24H23NO4. The van der Waals surface area contributed by atoms with Crippen LogP contribution in [0.2, 0.25) is 0 Å². The molecule has 5 nitrogen and oxygen atoms in total. The fourth-order valence-electron chi connectivity index (χ4n) is 3.10. The Morgan fingerprint density at radius 2 is 1.31 bits per heavy atom. The number of esters is 1. The molecule has 2 N–H and O–H groups in total. The number of rotatable bonds is 7. The van der Waals surface area contributed by atoms with E-state index < -0.39 is 24.1 Å². The zero-order chi connectivity index (χ0) is 20.7. The standard InChI is InChI=1S/C24H23NO4/c1-18(19-11-5-2-6-12-19)25-22(26)17-29-23(27)24(28,20-13-7-3-8-14-20)21-15-9-4-10-16-21/h2-16,18,28H,17H2,1H3,(H,25,26)/t18-/m1/s1. The van der Waals surface area contributed by atoms with Crippen molar-refractivity contribution >= 4 is 11.9 Å². The molecule has 0 aliphatic carbocycles. The van der Waals surface area contributed by atoms with Gasteiger partial charge in [0.15, 0.2) is 6.61 Å². The van der Waals surface area contributed by atoms with Gasteiger partial charge in [-0.1, -0.05) is 91.0 Å². The van der Waals surface area contributed by atoms with Crippen molar-refractivity contribution in [3.8, 4) is 0 Å². The van der Waals surface area contributed by atoms with Crippen molar-refractivity contribution in [2.24, 2.45) is 0 Å². The number of amides is 1. The summed E-state index contributed by atoms with van der Waals surface area (Å²) in [5.41, 5.74) is -0.325. The Balaban J connectivity index is 1.72. The monoisotopic (exact) mass is 389 g/mol. The highest BCUT2D eigenvalue weighted by Crippen LogP contribution is 2.31. The molecule has 0 fully saturated rings. The lowest BCUT2D eigenvalue weighted by molar-refractivity contribution is -0.164. The van der Waals surface area contributed by atoms with Crippen LogP contribution in [0.25, 0.3) is 0 Å². The van der Waals surface area contributed by atoms with E-state index in [1.165, 1.54) is 0 Å². The molecule has 0 radical (unpaired) electrons. The van der Waals surface area contributed by atoms with Crippen LogP contribution in [-0.4, -0.2) is 23.6 Å². The van der Waals surface area contributed by atoms with Gasteiger partial charge in [0.25, 0.3) is 5.91 Å². The van der Waals surface area contributed by atoms with Crippen LogP contribution in [0.4, 0.5) is 0 Å². The highest BCUT2D eigenvalue weighted by Gasteiger charge is 2.41. The Hall–Kier alpha value is -3.44. The molecule has 1 atom stereocenters. The summed E-state index contributed by atoms with van der Waals surface area (Å²) < 4.78 is 5.21. The van der Waals surface area contributed by atoms with E-state index in [1.807, 2.05) is 37.3 Å².